The van der Waals surface area contributed by atoms with Crippen molar-refractivity contribution in [1.82, 2.24) is 20.2 Å². The highest BCUT2D eigenvalue weighted by atomic mass is 19.1. The van der Waals surface area contributed by atoms with Crippen LogP contribution in [0.5, 0.6) is 0 Å². The molecule has 1 aliphatic heterocycles. The van der Waals surface area contributed by atoms with Crippen molar-refractivity contribution in [2.45, 2.75) is 13.0 Å². The van der Waals surface area contributed by atoms with Gasteiger partial charge in [0, 0.05) is 12.8 Å². The van der Waals surface area contributed by atoms with E-state index in [4.69, 9.17) is 9.47 Å². The number of esters is 1. The van der Waals surface area contributed by atoms with Crippen LogP contribution < -0.4 is 5.32 Å². The summed E-state index contributed by atoms with van der Waals surface area (Å²) in [5.41, 5.74) is 1.61. The van der Waals surface area contributed by atoms with Crippen molar-refractivity contribution < 1.29 is 18.7 Å². The number of carbonyl (C=O) groups is 1. The van der Waals surface area contributed by atoms with E-state index in [2.05, 4.69) is 20.8 Å². The predicted octanol–water partition coefficient (Wildman–Crippen LogP) is 1.29. The molecule has 3 rings (SSSR count). The Balaban J connectivity index is 2.00. The highest BCUT2D eigenvalue weighted by molar-refractivity contribution is 5.92. The standard InChI is InChI=1S/C15H16FN5O3/c1-9-12(14(22)24-8-7-23-2)13(10-3-5-11(16)6-4-10)21-15(17-9)18-19-20-21/h3-6,13H,7-8H2,1-2H3,(H,17,18,20)/t13-/m0/s1. The lowest BCUT2D eigenvalue weighted by Gasteiger charge is -2.27. The Bertz CT molecular complexity index is 772. The lowest BCUT2D eigenvalue weighted by atomic mass is 9.96. The molecule has 1 aliphatic rings. The van der Waals surface area contributed by atoms with Crippen LogP contribution in [0.1, 0.15) is 18.5 Å². The average molecular weight is 333 g/mol. The molecule has 0 saturated heterocycles. The second kappa shape index (κ2) is 6.75. The van der Waals surface area contributed by atoms with Crippen LogP contribution in [0, 0.1) is 5.82 Å². The Morgan fingerprint density at radius 1 is 1.33 bits per heavy atom. The maximum absolute atomic E-state index is 13.3. The highest BCUT2D eigenvalue weighted by Gasteiger charge is 2.34. The summed E-state index contributed by atoms with van der Waals surface area (Å²) in [6, 6.07) is 5.22. The molecule has 8 nitrogen and oxygen atoms in total. The Hall–Kier alpha value is -2.81. The van der Waals surface area contributed by atoms with Gasteiger partial charge in [0.15, 0.2) is 0 Å². The summed E-state index contributed by atoms with van der Waals surface area (Å²) in [5, 5.41) is 14.4. The lowest BCUT2D eigenvalue weighted by Crippen LogP contribution is -2.30. The normalized spacial score (nSPS) is 16.5. The summed E-state index contributed by atoms with van der Waals surface area (Å²) in [7, 11) is 1.52. The number of anilines is 1. The summed E-state index contributed by atoms with van der Waals surface area (Å²) in [5.74, 6) is -0.475. The number of methoxy groups -OCH3 is 1. The number of halogens is 1. The van der Waals surface area contributed by atoms with Crippen LogP contribution in [0.15, 0.2) is 35.5 Å². The van der Waals surface area contributed by atoms with Gasteiger partial charge in [0.1, 0.15) is 18.5 Å². The summed E-state index contributed by atoms with van der Waals surface area (Å²) in [6.45, 7) is 2.16. The number of hydrogen-bond acceptors (Lipinski definition) is 7. The van der Waals surface area contributed by atoms with Crippen molar-refractivity contribution in [3.05, 3.63) is 46.9 Å². The van der Waals surface area contributed by atoms with Gasteiger partial charge in [-0.15, -0.1) is 0 Å². The first-order valence-corrected chi connectivity index (χ1v) is 7.29. The van der Waals surface area contributed by atoms with Gasteiger partial charge in [-0.2, -0.15) is 4.68 Å². The van der Waals surface area contributed by atoms with Gasteiger partial charge < -0.3 is 14.8 Å². The maximum atomic E-state index is 13.3. The molecule has 0 unspecified atom stereocenters. The second-order valence-electron chi connectivity index (χ2n) is 5.19. The number of tetrazole rings is 1. The third-order valence-electron chi connectivity index (χ3n) is 3.64. The third-order valence-corrected chi connectivity index (χ3v) is 3.64. The van der Waals surface area contributed by atoms with Crippen LogP contribution in [-0.4, -0.2) is 46.5 Å². The van der Waals surface area contributed by atoms with E-state index in [9.17, 15) is 9.18 Å². The summed E-state index contributed by atoms with van der Waals surface area (Å²) < 4.78 is 24.8. The van der Waals surface area contributed by atoms with E-state index in [1.807, 2.05) is 0 Å². The smallest absolute Gasteiger partial charge is 0.338 e. The van der Waals surface area contributed by atoms with Crippen molar-refractivity contribution in [2.24, 2.45) is 0 Å². The minimum Gasteiger partial charge on any atom is -0.460 e. The van der Waals surface area contributed by atoms with Gasteiger partial charge in [0.2, 0.25) is 5.95 Å². The number of allylic oxidation sites excluding steroid dienone is 1. The molecular weight excluding hydrogens is 317 g/mol. The van der Waals surface area contributed by atoms with Crippen LogP contribution >= 0.6 is 0 Å². The molecule has 0 amide bonds. The number of hydrogen-bond donors (Lipinski definition) is 1. The van der Waals surface area contributed by atoms with Crippen molar-refractivity contribution in [1.29, 1.82) is 0 Å². The average Bonchev–Trinajstić information content (AvgIpc) is 3.02. The molecule has 2 heterocycles. The molecule has 0 saturated carbocycles. The van der Waals surface area contributed by atoms with Gasteiger partial charge >= 0.3 is 5.97 Å². The van der Waals surface area contributed by atoms with E-state index in [1.165, 1.54) is 23.9 Å². The molecular formula is C15H16FN5O3. The summed E-state index contributed by atoms with van der Waals surface area (Å²) in [6.07, 6.45) is 0. The van der Waals surface area contributed by atoms with E-state index in [1.54, 1.807) is 19.1 Å². The first-order valence-electron chi connectivity index (χ1n) is 7.29. The third kappa shape index (κ3) is 2.98. The zero-order chi connectivity index (χ0) is 17.1. The molecule has 1 N–H and O–H groups in total. The van der Waals surface area contributed by atoms with E-state index in [0.717, 1.165) is 0 Å². The molecule has 126 valence electrons. The van der Waals surface area contributed by atoms with Crippen LogP contribution in [0.25, 0.3) is 0 Å². The SMILES string of the molecule is COCCOC(=O)C1=C(C)Nc2nnnn2[C@H]1c1ccc(F)cc1. The molecule has 24 heavy (non-hydrogen) atoms. The number of rotatable bonds is 5. The van der Waals surface area contributed by atoms with Crippen LogP contribution in [0.2, 0.25) is 0 Å². The zero-order valence-corrected chi connectivity index (χ0v) is 13.2. The summed E-state index contributed by atoms with van der Waals surface area (Å²) in [4.78, 5) is 12.5. The van der Waals surface area contributed by atoms with Gasteiger partial charge in [-0.05, 0) is 35.0 Å². The fourth-order valence-corrected chi connectivity index (χ4v) is 2.53. The molecule has 0 aliphatic carbocycles. The van der Waals surface area contributed by atoms with Crippen LogP contribution in [0.4, 0.5) is 10.3 Å². The topological polar surface area (TPSA) is 91.2 Å². The lowest BCUT2D eigenvalue weighted by molar-refractivity contribution is -0.140. The molecule has 0 bridgehead atoms. The van der Waals surface area contributed by atoms with Gasteiger partial charge in [-0.25, -0.2) is 9.18 Å². The molecule has 1 aromatic carbocycles. The Kier molecular flexibility index (Phi) is 4.52. The maximum Gasteiger partial charge on any atom is 0.338 e. The molecule has 0 fully saturated rings. The highest BCUT2D eigenvalue weighted by Crippen LogP contribution is 2.34. The number of ether oxygens (including phenoxy) is 2. The largest absolute Gasteiger partial charge is 0.460 e. The molecule has 0 radical (unpaired) electrons. The monoisotopic (exact) mass is 333 g/mol. The number of benzene rings is 1. The van der Waals surface area contributed by atoms with Gasteiger partial charge in [0.05, 0.1) is 12.2 Å². The van der Waals surface area contributed by atoms with Crippen LogP contribution in [0.3, 0.4) is 0 Å². The van der Waals surface area contributed by atoms with Crippen molar-refractivity contribution in [2.75, 3.05) is 25.6 Å². The number of nitrogens with one attached hydrogen (secondary N) is 1. The van der Waals surface area contributed by atoms with E-state index in [-0.39, 0.29) is 12.4 Å². The molecule has 9 heteroatoms. The van der Waals surface area contributed by atoms with Crippen molar-refractivity contribution in [3.8, 4) is 0 Å². The fraction of sp³-hybridized carbons (Fsp3) is 0.333. The number of fused-ring (bicyclic) bond motifs is 1. The second-order valence-corrected chi connectivity index (χ2v) is 5.19. The Labute approximate surface area is 137 Å². The zero-order valence-electron chi connectivity index (χ0n) is 13.2. The number of nitrogens with zero attached hydrogens (tertiary/aromatic N) is 4. The minimum absolute atomic E-state index is 0.130. The van der Waals surface area contributed by atoms with Crippen molar-refractivity contribution in [3.63, 3.8) is 0 Å². The molecule has 2 aromatic rings. The van der Waals surface area contributed by atoms with Gasteiger partial charge in [0.25, 0.3) is 0 Å². The van der Waals surface area contributed by atoms with Crippen LogP contribution in [-0.2, 0) is 14.3 Å². The minimum atomic E-state index is -0.605. The Morgan fingerprint density at radius 3 is 2.79 bits per heavy atom. The van der Waals surface area contributed by atoms with E-state index >= 15 is 0 Å². The van der Waals surface area contributed by atoms with E-state index < -0.39 is 12.0 Å². The Morgan fingerprint density at radius 2 is 2.08 bits per heavy atom. The quantitative estimate of drug-likeness (QED) is 0.651. The van der Waals surface area contributed by atoms with Gasteiger partial charge in [-0.1, -0.05) is 17.2 Å². The number of carbonyl (C=O) groups excluding carboxylic acids is 1. The predicted molar refractivity (Wildman–Crippen MR) is 81.5 cm³/mol. The first-order chi connectivity index (χ1) is 11.6. The fourth-order valence-electron chi connectivity index (χ4n) is 2.53. The van der Waals surface area contributed by atoms with Crippen molar-refractivity contribution >= 4 is 11.9 Å². The summed E-state index contributed by atoms with van der Waals surface area (Å²) >= 11 is 0. The van der Waals surface area contributed by atoms with Gasteiger partial charge in [-0.3, -0.25) is 0 Å². The molecule has 1 aromatic heterocycles. The first kappa shape index (κ1) is 16.1. The molecule has 0 spiro atoms. The molecule has 1 atom stereocenters. The number of aromatic nitrogens is 4. The van der Waals surface area contributed by atoms with E-state index in [0.29, 0.717) is 29.4 Å².